The largest absolute Gasteiger partial charge is 0.491 e. The van der Waals surface area contributed by atoms with E-state index in [9.17, 15) is 13.2 Å². The van der Waals surface area contributed by atoms with Gasteiger partial charge in [-0.25, -0.2) is 8.42 Å². The molecule has 0 aromatic heterocycles. The van der Waals surface area contributed by atoms with Gasteiger partial charge in [0.25, 0.3) is 10.0 Å². The molecule has 0 saturated heterocycles. The molecule has 1 atom stereocenters. The van der Waals surface area contributed by atoms with E-state index in [0.29, 0.717) is 11.4 Å². The summed E-state index contributed by atoms with van der Waals surface area (Å²) in [5, 5.41) is 2.85. The quantitative estimate of drug-likeness (QED) is 0.507. The van der Waals surface area contributed by atoms with Crippen LogP contribution in [-0.2, 0) is 14.8 Å². The Balaban J connectivity index is 1.76. The molecule has 0 aliphatic rings. The molecular weight excluding hydrogens is 436 g/mol. The van der Waals surface area contributed by atoms with Crippen LogP contribution in [0, 0.1) is 20.8 Å². The summed E-state index contributed by atoms with van der Waals surface area (Å²) in [7, 11) is -3.94. The van der Waals surface area contributed by atoms with Gasteiger partial charge in [0, 0.05) is 0 Å². The Morgan fingerprint density at radius 2 is 1.58 bits per heavy atom. The second-order valence-corrected chi connectivity index (χ2v) is 10.1. The standard InChI is InChI=1S/C26H30N2O4S/c1-19-10-13-23(14-11-19)32-18-22(4)27-26(29)17-28(25-15-12-20(2)16-21(25)3)33(30,31)24-8-6-5-7-9-24/h5-16,22H,17-18H2,1-4H3,(H,27,29). The number of hydrogen-bond acceptors (Lipinski definition) is 4. The maximum Gasteiger partial charge on any atom is 0.264 e. The van der Waals surface area contributed by atoms with Crippen molar-refractivity contribution in [1.29, 1.82) is 0 Å². The molecule has 1 unspecified atom stereocenters. The Bertz CT molecular complexity index is 1190. The Hall–Kier alpha value is -3.32. The van der Waals surface area contributed by atoms with E-state index in [1.807, 2.05) is 64.1 Å². The van der Waals surface area contributed by atoms with Crippen LogP contribution in [-0.4, -0.2) is 33.5 Å². The lowest BCUT2D eigenvalue weighted by molar-refractivity contribution is -0.120. The van der Waals surface area contributed by atoms with Crippen LogP contribution in [0.5, 0.6) is 5.75 Å². The lowest BCUT2D eigenvalue weighted by atomic mass is 10.1. The van der Waals surface area contributed by atoms with Gasteiger partial charge in [-0.15, -0.1) is 0 Å². The number of anilines is 1. The molecule has 1 amide bonds. The molecule has 0 aliphatic heterocycles. The average molecular weight is 467 g/mol. The number of carbonyl (C=O) groups is 1. The lowest BCUT2D eigenvalue weighted by Crippen LogP contribution is -2.45. The zero-order valence-corrected chi connectivity index (χ0v) is 20.2. The third kappa shape index (κ3) is 6.35. The summed E-state index contributed by atoms with van der Waals surface area (Å²) < 4.78 is 33.8. The van der Waals surface area contributed by atoms with Gasteiger partial charge in [0.2, 0.25) is 5.91 Å². The summed E-state index contributed by atoms with van der Waals surface area (Å²) in [5.74, 6) is 0.305. The maximum atomic E-state index is 13.5. The molecule has 33 heavy (non-hydrogen) atoms. The number of benzene rings is 3. The fourth-order valence-corrected chi connectivity index (χ4v) is 4.96. The van der Waals surface area contributed by atoms with Crippen LogP contribution < -0.4 is 14.4 Å². The molecule has 0 heterocycles. The molecular formula is C26H30N2O4S. The number of nitrogens with one attached hydrogen (secondary N) is 1. The molecule has 0 spiro atoms. The lowest BCUT2D eigenvalue weighted by Gasteiger charge is -2.26. The van der Waals surface area contributed by atoms with Crippen molar-refractivity contribution in [2.24, 2.45) is 0 Å². The van der Waals surface area contributed by atoms with Crippen molar-refractivity contribution in [2.75, 3.05) is 17.5 Å². The first-order chi connectivity index (χ1) is 15.7. The topological polar surface area (TPSA) is 75.7 Å². The predicted molar refractivity (Wildman–Crippen MR) is 131 cm³/mol. The summed E-state index contributed by atoms with van der Waals surface area (Å²) in [6, 6.07) is 21.0. The first-order valence-electron chi connectivity index (χ1n) is 10.8. The second kappa shape index (κ2) is 10.5. The number of amides is 1. The van der Waals surface area contributed by atoms with E-state index in [1.54, 1.807) is 24.3 Å². The second-order valence-electron chi connectivity index (χ2n) is 8.21. The average Bonchev–Trinajstić information content (AvgIpc) is 2.78. The number of hydrogen-bond donors (Lipinski definition) is 1. The highest BCUT2D eigenvalue weighted by molar-refractivity contribution is 7.92. The fourth-order valence-electron chi connectivity index (χ4n) is 3.45. The summed E-state index contributed by atoms with van der Waals surface area (Å²) in [5.41, 5.74) is 3.40. The molecule has 0 saturated carbocycles. The molecule has 0 fully saturated rings. The van der Waals surface area contributed by atoms with E-state index >= 15 is 0 Å². The predicted octanol–water partition coefficient (Wildman–Crippen LogP) is 4.39. The highest BCUT2D eigenvalue weighted by Gasteiger charge is 2.28. The normalized spacial score (nSPS) is 12.1. The Morgan fingerprint density at radius 1 is 0.939 bits per heavy atom. The summed E-state index contributed by atoms with van der Waals surface area (Å²) in [6.07, 6.45) is 0. The first kappa shape index (κ1) is 24.3. The van der Waals surface area contributed by atoms with E-state index in [-0.39, 0.29) is 24.1 Å². The number of rotatable bonds is 9. The van der Waals surface area contributed by atoms with Crippen LogP contribution in [0.25, 0.3) is 0 Å². The van der Waals surface area contributed by atoms with Crippen molar-refractivity contribution >= 4 is 21.6 Å². The Morgan fingerprint density at radius 3 is 2.21 bits per heavy atom. The van der Waals surface area contributed by atoms with E-state index in [0.717, 1.165) is 16.7 Å². The molecule has 3 rings (SSSR count). The van der Waals surface area contributed by atoms with Crippen molar-refractivity contribution in [2.45, 2.75) is 38.6 Å². The number of nitrogens with zero attached hydrogens (tertiary/aromatic N) is 1. The Labute approximate surface area is 196 Å². The SMILES string of the molecule is Cc1ccc(OCC(C)NC(=O)CN(c2ccc(C)cc2C)S(=O)(=O)c2ccccc2)cc1. The van der Waals surface area contributed by atoms with Crippen molar-refractivity contribution < 1.29 is 17.9 Å². The molecule has 7 heteroatoms. The van der Waals surface area contributed by atoms with Crippen LogP contribution in [0.15, 0.2) is 77.7 Å². The van der Waals surface area contributed by atoms with Crippen LogP contribution in [0.2, 0.25) is 0 Å². The monoisotopic (exact) mass is 466 g/mol. The number of ether oxygens (including phenoxy) is 1. The molecule has 0 radical (unpaired) electrons. The summed E-state index contributed by atoms with van der Waals surface area (Å²) in [6.45, 7) is 7.53. The maximum absolute atomic E-state index is 13.5. The zero-order chi connectivity index (χ0) is 24.0. The van der Waals surface area contributed by atoms with E-state index in [1.165, 1.54) is 16.4 Å². The minimum absolute atomic E-state index is 0.133. The third-order valence-corrected chi connectivity index (χ3v) is 6.94. The van der Waals surface area contributed by atoms with Gasteiger partial charge in [-0.05, 0) is 63.6 Å². The van der Waals surface area contributed by atoms with Crippen molar-refractivity contribution in [1.82, 2.24) is 5.32 Å². The van der Waals surface area contributed by atoms with Crippen LogP contribution >= 0.6 is 0 Å². The highest BCUT2D eigenvalue weighted by Crippen LogP contribution is 2.27. The van der Waals surface area contributed by atoms with Crippen molar-refractivity contribution in [3.8, 4) is 5.75 Å². The third-order valence-electron chi connectivity index (χ3n) is 5.17. The highest BCUT2D eigenvalue weighted by atomic mass is 32.2. The number of carbonyl (C=O) groups excluding carboxylic acids is 1. The minimum atomic E-state index is -3.94. The van der Waals surface area contributed by atoms with Gasteiger partial charge in [-0.3, -0.25) is 9.10 Å². The first-order valence-corrected chi connectivity index (χ1v) is 12.2. The zero-order valence-electron chi connectivity index (χ0n) is 19.4. The number of aryl methyl sites for hydroxylation is 3. The van der Waals surface area contributed by atoms with Gasteiger partial charge in [0.05, 0.1) is 16.6 Å². The van der Waals surface area contributed by atoms with Crippen LogP contribution in [0.1, 0.15) is 23.6 Å². The van der Waals surface area contributed by atoms with Gasteiger partial charge < -0.3 is 10.1 Å². The van der Waals surface area contributed by atoms with Crippen LogP contribution in [0.3, 0.4) is 0 Å². The number of sulfonamides is 1. The van der Waals surface area contributed by atoms with Crippen molar-refractivity contribution in [3.63, 3.8) is 0 Å². The molecule has 3 aromatic carbocycles. The van der Waals surface area contributed by atoms with Gasteiger partial charge in [0.1, 0.15) is 18.9 Å². The van der Waals surface area contributed by atoms with E-state index in [4.69, 9.17) is 4.74 Å². The van der Waals surface area contributed by atoms with Gasteiger partial charge >= 0.3 is 0 Å². The smallest absolute Gasteiger partial charge is 0.264 e. The molecule has 0 aliphatic carbocycles. The fraction of sp³-hybridized carbons (Fsp3) is 0.269. The van der Waals surface area contributed by atoms with E-state index in [2.05, 4.69) is 5.32 Å². The molecule has 0 bridgehead atoms. The van der Waals surface area contributed by atoms with Crippen molar-refractivity contribution in [3.05, 3.63) is 89.5 Å². The van der Waals surface area contributed by atoms with Gasteiger partial charge in [-0.1, -0.05) is 53.6 Å². The molecule has 6 nitrogen and oxygen atoms in total. The van der Waals surface area contributed by atoms with Gasteiger partial charge in [0.15, 0.2) is 0 Å². The minimum Gasteiger partial charge on any atom is -0.491 e. The Kier molecular flexibility index (Phi) is 7.76. The van der Waals surface area contributed by atoms with Gasteiger partial charge in [-0.2, -0.15) is 0 Å². The van der Waals surface area contributed by atoms with Crippen LogP contribution in [0.4, 0.5) is 5.69 Å². The summed E-state index contributed by atoms with van der Waals surface area (Å²) >= 11 is 0. The summed E-state index contributed by atoms with van der Waals surface area (Å²) in [4.78, 5) is 13.0. The molecule has 174 valence electrons. The molecule has 1 N–H and O–H groups in total. The molecule has 3 aromatic rings. The van der Waals surface area contributed by atoms with E-state index < -0.39 is 15.9 Å².